The minimum atomic E-state index is -0.249. The van der Waals surface area contributed by atoms with E-state index in [0.29, 0.717) is 0 Å². The lowest BCUT2D eigenvalue weighted by Gasteiger charge is -2.11. The average Bonchev–Trinajstić information content (AvgIpc) is 2.08. The number of ether oxygens (including phenoxy) is 1. The number of hydrogen-bond donors (Lipinski definition) is 1. The van der Waals surface area contributed by atoms with Crippen molar-refractivity contribution in [2.75, 3.05) is 7.11 Å². The Morgan fingerprint density at radius 2 is 2.30 bits per heavy atom. The summed E-state index contributed by atoms with van der Waals surface area (Å²) in [4.78, 5) is 11.1. The molecule has 3 heteroatoms. The van der Waals surface area contributed by atoms with Gasteiger partial charge in [0.05, 0.1) is 0 Å². The summed E-state index contributed by atoms with van der Waals surface area (Å²) in [6.07, 6.45) is 0.685. The normalized spacial score (nSPS) is 30.3. The molecule has 1 saturated heterocycles. The van der Waals surface area contributed by atoms with Crippen molar-refractivity contribution in [1.82, 2.24) is 5.32 Å². The van der Waals surface area contributed by atoms with Gasteiger partial charge in [-0.25, -0.2) is 0 Å². The van der Waals surface area contributed by atoms with Gasteiger partial charge in [0.2, 0.25) is 5.91 Å². The van der Waals surface area contributed by atoms with E-state index in [1.165, 1.54) is 0 Å². The molecule has 0 aromatic rings. The van der Waals surface area contributed by atoms with Crippen LogP contribution in [-0.4, -0.2) is 19.2 Å². The molecule has 1 rings (SSSR count). The van der Waals surface area contributed by atoms with Gasteiger partial charge in [0.1, 0.15) is 6.23 Å². The van der Waals surface area contributed by atoms with Crippen molar-refractivity contribution < 1.29 is 9.53 Å². The monoisotopic (exact) mass is 143 g/mol. The second-order valence-corrected chi connectivity index (χ2v) is 3.29. The molecule has 1 N–H and O–H groups in total. The van der Waals surface area contributed by atoms with E-state index in [0.717, 1.165) is 6.42 Å². The quantitative estimate of drug-likeness (QED) is 0.580. The molecule has 0 bridgehead atoms. The zero-order valence-electron chi connectivity index (χ0n) is 6.60. The highest BCUT2D eigenvalue weighted by Crippen LogP contribution is 2.28. The summed E-state index contributed by atoms with van der Waals surface area (Å²) in [5.74, 6) is 0.0827. The summed E-state index contributed by atoms with van der Waals surface area (Å²) in [5, 5.41) is 2.73. The Morgan fingerprint density at radius 1 is 1.70 bits per heavy atom. The van der Waals surface area contributed by atoms with Crippen molar-refractivity contribution in [3.05, 3.63) is 0 Å². The molecule has 1 atom stereocenters. The minimum Gasteiger partial charge on any atom is -0.362 e. The molecule has 1 unspecified atom stereocenters. The van der Waals surface area contributed by atoms with Crippen LogP contribution in [0.3, 0.4) is 0 Å². The summed E-state index contributed by atoms with van der Waals surface area (Å²) in [5.41, 5.74) is -0.249. The van der Waals surface area contributed by atoms with E-state index >= 15 is 0 Å². The first-order chi connectivity index (χ1) is 4.56. The van der Waals surface area contributed by atoms with Gasteiger partial charge in [0.15, 0.2) is 0 Å². The fourth-order valence-electron chi connectivity index (χ4n) is 1.09. The minimum absolute atomic E-state index is 0.0810. The molecule has 0 aromatic heterocycles. The highest BCUT2D eigenvalue weighted by molar-refractivity contribution is 5.84. The number of hydrogen-bond acceptors (Lipinski definition) is 2. The van der Waals surface area contributed by atoms with Gasteiger partial charge in [-0.3, -0.25) is 4.79 Å². The Hall–Kier alpha value is -0.570. The molecule has 3 nitrogen and oxygen atoms in total. The summed E-state index contributed by atoms with van der Waals surface area (Å²) in [6.45, 7) is 3.84. The molecule has 1 heterocycles. The predicted octanol–water partition coefficient (Wildman–Crippen LogP) is 0.505. The molecule has 1 fully saturated rings. The molecule has 0 saturated carbocycles. The molecule has 0 radical (unpaired) electrons. The van der Waals surface area contributed by atoms with Crippen molar-refractivity contribution in [1.29, 1.82) is 0 Å². The highest BCUT2D eigenvalue weighted by atomic mass is 16.5. The number of methoxy groups -OCH3 is 1. The molecule has 1 aliphatic rings. The lowest BCUT2D eigenvalue weighted by atomic mass is 9.92. The van der Waals surface area contributed by atoms with E-state index in [1.54, 1.807) is 7.11 Å². The molecule has 10 heavy (non-hydrogen) atoms. The maximum absolute atomic E-state index is 11.1. The van der Waals surface area contributed by atoms with Crippen molar-refractivity contribution >= 4 is 5.91 Å². The second-order valence-electron chi connectivity index (χ2n) is 3.29. The maximum atomic E-state index is 11.1. The van der Waals surface area contributed by atoms with Gasteiger partial charge >= 0.3 is 0 Å². The molecule has 1 aliphatic heterocycles. The van der Waals surface area contributed by atoms with Crippen molar-refractivity contribution in [2.45, 2.75) is 26.5 Å². The van der Waals surface area contributed by atoms with Crippen LogP contribution in [-0.2, 0) is 9.53 Å². The summed E-state index contributed by atoms with van der Waals surface area (Å²) in [6, 6.07) is 0. The molecular formula is C7H13NO2. The Bertz CT molecular complexity index is 154. The van der Waals surface area contributed by atoms with Gasteiger partial charge in [-0.05, 0) is 0 Å². The Kier molecular flexibility index (Phi) is 1.68. The Labute approximate surface area is 60.7 Å². The first kappa shape index (κ1) is 7.54. The third-order valence-corrected chi connectivity index (χ3v) is 1.89. The Morgan fingerprint density at radius 3 is 2.50 bits per heavy atom. The molecule has 0 aliphatic carbocycles. The Balaban J connectivity index is 2.62. The van der Waals surface area contributed by atoms with Gasteiger partial charge in [-0.1, -0.05) is 13.8 Å². The van der Waals surface area contributed by atoms with Crippen molar-refractivity contribution in [2.24, 2.45) is 5.41 Å². The zero-order chi connectivity index (χ0) is 7.78. The maximum Gasteiger partial charge on any atom is 0.227 e. The van der Waals surface area contributed by atoms with Gasteiger partial charge in [0.25, 0.3) is 0 Å². The van der Waals surface area contributed by atoms with E-state index in [4.69, 9.17) is 4.74 Å². The first-order valence-electron chi connectivity index (χ1n) is 3.40. The van der Waals surface area contributed by atoms with Crippen LogP contribution in [0.25, 0.3) is 0 Å². The lowest BCUT2D eigenvalue weighted by molar-refractivity contribution is -0.126. The molecule has 58 valence electrons. The SMILES string of the molecule is COC1CC(C)(C)C(=O)N1. The standard InChI is InChI=1S/C7H13NO2/c1-7(2)4-5(10-3)8-6(7)9/h5H,4H2,1-3H3,(H,8,9). The van der Waals surface area contributed by atoms with Crippen LogP contribution >= 0.6 is 0 Å². The van der Waals surface area contributed by atoms with Crippen LogP contribution in [0.2, 0.25) is 0 Å². The van der Waals surface area contributed by atoms with Crippen molar-refractivity contribution in [3.63, 3.8) is 0 Å². The third kappa shape index (κ3) is 1.14. The number of carbonyl (C=O) groups is 1. The van der Waals surface area contributed by atoms with Gasteiger partial charge < -0.3 is 10.1 Å². The molecule has 0 aromatic carbocycles. The largest absolute Gasteiger partial charge is 0.362 e. The molecular weight excluding hydrogens is 130 g/mol. The van der Waals surface area contributed by atoms with Crippen LogP contribution in [0.5, 0.6) is 0 Å². The van der Waals surface area contributed by atoms with E-state index < -0.39 is 0 Å². The van der Waals surface area contributed by atoms with Crippen molar-refractivity contribution in [3.8, 4) is 0 Å². The summed E-state index contributed by atoms with van der Waals surface area (Å²) in [7, 11) is 1.60. The lowest BCUT2D eigenvalue weighted by Crippen LogP contribution is -2.29. The van der Waals surface area contributed by atoms with Gasteiger partial charge in [-0.15, -0.1) is 0 Å². The number of rotatable bonds is 1. The highest BCUT2D eigenvalue weighted by Gasteiger charge is 2.38. The number of nitrogens with one attached hydrogen (secondary N) is 1. The van der Waals surface area contributed by atoms with E-state index in [1.807, 2.05) is 13.8 Å². The summed E-state index contributed by atoms with van der Waals surface area (Å²) >= 11 is 0. The third-order valence-electron chi connectivity index (χ3n) is 1.89. The zero-order valence-corrected chi connectivity index (χ0v) is 6.60. The van der Waals surface area contributed by atoms with E-state index in [-0.39, 0.29) is 17.6 Å². The van der Waals surface area contributed by atoms with Crippen LogP contribution < -0.4 is 5.32 Å². The molecule has 1 amide bonds. The summed E-state index contributed by atoms with van der Waals surface area (Å²) < 4.78 is 4.99. The van der Waals surface area contributed by atoms with Gasteiger partial charge in [-0.2, -0.15) is 0 Å². The first-order valence-corrected chi connectivity index (χ1v) is 3.40. The average molecular weight is 143 g/mol. The second kappa shape index (κ2) is 2.23. The van der Waals surface area contributed by atoms with Crippen LogP contribution in [0.1, 0.15) is 20.3 Å². The van der Waals surface area contributed by atoms with Crippen LogP contribution in [0.4, 0.5) is 0 Å². The van der Waals surface area contributed by atoms with Gasteiger partial charge in [0, 0.05) is 18.9 Å². The van der Waals surface area contributed by atoms with E-state index in [2.05, 4.69) is 5.32 Å². The van der Waals surface area contributed by atoms with Crippen LogP contribution in [0, 0.1) is 5.41 Å². The van der Waals surface area contributed by atoms with E-state index in [9.17, 15) is 4.79 Å². The van der Waals surface area contributed by atoms with Crippen LogP contribution in [0.15, 0.2) is 0 Å². The fraction of sp³-hybridized carbons (Fsp3) is 0.857. The fourth-order valence-corrected chi connectivity index (χ4v) is 1.09. The molecule has 0 spiro atoms. The number of amides is 1. The number of carbonyl (C=O) groups excluding carboxylic acids is 1. The smallest absolute Gasteiger partial charge is 0.227 e. The topological polar surface area (TPSA) is 38.3 Å². The predicted molar refractivity (Wildman–Crippen MR) is 37.3 cm³/mol.